The molecule has 5 rings (SSSR count). The van der Waals surface area contributed by atoms with Crippen LogP contribution in [0.2, 0.25) is 0 Å². The van der Waals surface area contributed by atoms with Crippen LogP contribution < -0.4 is 0 Å². The fourth-order valence-electron chi connectivity index (χ4n) is 3.69. The highest BCUT2D eigenvalue weighted by Crippen LogP contribution is 2.45. The molecule has 0 aromatic heterocycles. The van der Waals surface area contributed by atoms with E-state index < -0.39 is 6.09 Å². The van der Waals surface area contributed by atoms with Gasteiger partial charge in [0, 0.05) is 11.5 Å². The van der Waals surface area contributed by atoms with Crippen molar-refractivity contribution in [2.75, 3.05) is 6.61 Å². The average molecular weight is 343 g/mol. The molecule has 1 saturated heterocycles. The minimum absolute atomic E-state index is 0.0569. The number of hydroxylamine groups is 2. The number of amides is 1. The molecule has 0 N–H and O–H groups in total. The van der Waals surface area contributed by atoms with E-state index in [4.69, 9.17) is 9.57 Å². The van der Waals surface area contributed by atoms with E-state index in [1.165, 1.54) is 27.3 Å². The molecule has 1 unspecified atom stereocenters. The van der Waals surface area contributed by atoms with Crippen molar-refractivity contribution in [2.45, 2.75) is 12.1 Å². The summed E-state index contributed by atoms with van der Waals surface area (Å²) in [6.45, 7) is 0.300. The number of fused-ring (bicyclic) bond motifs is 3. The summed E-state index contributed by atoms with van der Waals surface area (Å²) in [4.78, 5) is 17.7. The Morgan fingerprint density at radius 2 is 1.42 bits per heavy atom. The summed E-state index contributed by atoms with van der Waals surface area (Å²) in [7, 11) is 0. The molecule has 1 aliphatic carbocycles. The summed E-state index contributed by atoms with van der Waals surface area (Å²) in [6.07, 6.45) is -0.785. The number of benzene rings is 3. The maximum atomic E-state index is 12.3. The van der Waals surface area contributed by atoms with Crippen LogP contribution >= 0.6 is 0 Å². The first-order valence-corrected chi connectivity index (χ1v) is 8.69. The van der Waals surface area contributed by atoms with E-state index in [-0.39, 0.29) is 12.1 Å². The van der Waals surface area contributed by atoms with Crippen molar-refractivity contribution in [1.29, 1.82) is 0 Å². The first-order chi connectivity index (χ1) is 12.8. The van der Waals surface area contributed by atoms with Crippen LogP contribution in [-0.2, 0) is 9.57 Å². The van der Waals surface area contributed by atoms with Crippen molar-refractivity contribution in [1.82, 2.24) is 5.06 Å². The van der Waals surface area contributed by atoms with Gasteiger partial charge in [-0.2, -0.15) is 0 Å². The Morgan fingerprint density at radius 1 is 0.846 bits per heavy atom. The molecule has 1 amide bonds. The van der Waals surface area contributed by atoms with Crippen LogP contribution in [0.15, 0.2) is 78.9 Å². The number of carbonyl (C=O) groups excluding carboxylic acids is 1. The molecule has 4 heteroatoms. The highest BCUT2D eigenvalue weighted by molar-refractivity contribution is 5.79. The predicted octanol–water partition coefficient (Wildman–Crippen LogP) is 4.88. The molecule has 0 radical (unpaired) electrons. The summed E-state index contributed by atoms with van der Waals surface area (Å²) in [6, 6.07) is 26.2. The second-order valence-electron chi connectivity index (χ2n) is 6.50. The third-order valence-corrected chi connectivity index (χ3v) is 4.98. The average Bonchev–Trinajstić information content (AvgIpc) is 3.44. The van der Waals surface area contributed by atoms with Gasteiger partial charge in [-0.05, 0) is 22.3 Å². The number of carbonyl (C=O) groups is 1. The fraction of sp³-hybridized carbons (Fsp3) is 0.136. The van der Waals surface area contributed by atoms with Gasteiger partial charge in [0.15, 0.2) is 0 Å². The summed E-state index contributed by atoms with van der Waals surface area (Å²) < 4.78 is 5.58. The Labute approximate surface area is 151 Å². The summed E-state index contributed by atoms with van der Waals surface area (Å²) >= 11 is 0. The van der Waals surface area contributed by atoms with Crippen LogP contribution in [0.5, 0.6) is 0 Å². The Morgan fingerprint density at radius 3 is 2.08 bits per heavy atom. The highest BCUT2D eigenvalue weighted by atomic mass is 16.9. The van der Waals surface area contributed by atoms with Gasteiger partial charge in [0.1, 0.15) is 6.61 Å². The van der Waals surface area contributed by atoms with Gasteiger partial charge in [0.2, 0.25) is 6.23 Å². The predicted molar refractivity (Wildman–Crippen MR) is 97.2 cm³/mol. The molecular weight excluding hydrogens is 326 g/mol. The van der Waals surface area contributed by atoms with Gasteiger partial charge in [-0.1, -0.05) is 78.9 Å². The lowest BCUT2D eigenvalue weighted by molar-refractivity contribution is 0.0900. The molecular formula is C22H17NO3. The number of ether oxygens (including phenoxy) is 1. The van der Waals surface area contributed by atoms with Crippen LogP contribution in [0.4, 0.5) is 4.79 Å². The Kier molecular flexibility index (Phi) is 3.50. The van der Waals surface area contributed by atoms with Gasteiger partial charge < -0.3 is 4.74 Å². The Balaban J connectivity index is 1.31. The third kappa shape index (κ3) is 2.47. The Bertz CT molecular complexity index is 924. The summed E-state index contributed by atoms with van der Waals surface area (Å²) in [5.74, 6) is 0.0569. The Hall–Kier alpha value is -3.11. The lowest BCUT2D eigenvalue weighted by atomic mass is 9.98. The van der Waals surface area contributed by atoms with E-state index in [1.54, 1.807) is 0 Å². The van der Waals surface area contributed by atoms with Crippen molar-refractivity contribution in [3.05, 3.63) is 95.6 Å². The van der Waals surface area contributed by atoms with Crippen molar-refractivity contribution in [2.24, 2.45) is 0 Å². The van der Waals surface area contributed by atoms with Crippen molar-refractivity contribution in [3.8, 4) is 11.1 Å². The molecule has 3 aromatic rings. The highest BCUT2D eigenvalue weighted by Gasteiger charge is 2.44. The SMILES string of the molecule is O=C(OCC1c2ccccc2-c2ccccc21)N1OC1c1ccccc1. The maximum Gasteiger partial charge on any atom is 0.437 e. The zero-order valence-electron chi connectivity index (χ0n) is 14.0. The molecule has 4 nitrogen and oxygen atoms in total. The monoisotopic (exact) mass is 343 g/mol. The standard InChI is InChI=1S/C22H17NO3/c24-22(23-21(26-23)15-8-2-1-3-9-15)25-14-20-18-12-6-4-10-16(18)17-11-5-7-13-19(17)20/h1-13,20-21H,14H2. The lowest BCUT2D eigenvalue weighted by Crippen LogP contribution is -2.17. The van der Waals surface area contributed by atoms with Crippen LogP contribution in [0.1, 0.15) is 28.8 Å². The number of rotatable bonds is 3. The molecule has 128 valence electrons. The molecule has 0 saturated carbocycles. The molecule has 2 aliphatic rings. The molecule has 0 bridgehead atoms. The van der Waals surface area contributed by atoms with Crippen molar-refractivity contribution in [3.63, 3.8) is 0 Å². The second-order valence-corrected chi connectivity index (χ2v) is 6.50. The third-order valence-electron chi connectivity index (χ3n) is 4.98. The van der Waals surface area contributed by atoms with Gasteiger partial charge in [-0.15, -0.1) is 5.06 Å². The zero-order valence-corrected chi connectivity index (χ0v) is 14.0. The topological polar surface area (TPSA) is 41.8 Å². The molecule has 1 atom stereocenters. The van der Waals surface area contributed by atoms with Gasteiger partial charge in [0.05, 0.1) is 0 Å². The summed E-state index contributed by atoms with van der Waals surface area (Å²) in [5, 5.41) is 1.28. The number of hydrogen-bond donors (Lipinski definition) is 0. The molecule has 1 fully saturated rings. The molecule has 3 aromatic carbocycles. The molecule has 1 aliphatic heterocycles. The van der Waals surface area contributed by atoms with E-state index in [2.05, 4.69) is 24.3 Å². The molecule has 26 heavy (non-hydrogen) atoms. The van der Waals surface area contributed by atoms with Crippen molar-refractivity contribution >= 4 is 6.09 Å². The second kappa shape index (κ2) is 6.00. The maximum absolute atomic E-state index is 12.3. The van der Waals surface area contributed by atoms with Gasteiger partial charge in [-0.3, -0.25) is 0 Å². The van der Waals surface area contributed by atoms with Crippen LogP contribution in [0.25, 0.3) is 11.1 Å². The largest absolute Gasteiger partial charge is 0.447 e. The van der Waals surface area contributed by atoms with Gasteiger partial charge >= 0.3 is 6.09 Å². The van der Waals surface area contributed by atoms with E-state index in [0.717, 1.165) is 5.56 Å². The van der Waals surface area contributed by atoms with E-state index in [0.29, 0.717) is 6.61 Å². The summed E-state index contributed by atoms with van der Waals surface area (Å²) in [5.41, 5.74) is 5.78. The first-order valence-electron chi connectivity index (χ1n) is 8.69. The van der Waals surface area contributed by atoms with E-state index in [1.807, 2.05) is 54.6 Å². The smallest absolute Gasteiger partial charge is 0.437 e. The minimum Gasteiger partial charge on any atom is -0.447 e. The normalized spacial score (nSPS) is 17.5. The quantitative estimate of drug-likeness (QED) is 0.636. The van der Waals surface area contributed by atoms with Crippen molar-refractivity contribution < 1.29 is 14.4 Å². The fourth-order valence-corrected chi connectivity index (χ4v) is 3.69. The van der Waals surface area contributed by atoms with E-state index in [9.17, 15) is 4.79 Å². The van der Waals surface area contributed by atoms with Gasteiger partial charge in [-0.25, -0.2) is 9.63 Å². The van der Waals surface area contributed by atoms with Crippen LogP contribution in [-0.4, -0.2) is 17.8 Å². The lowest BCUT2D eigenvalue weighted by Gasteiger charge is -2.13. The van der Waals surface area contributed by atoms with Gasteiger partial charge in [0.25, 0.3) is 0 Å². The zero-order chi connectivity index (χ0) is 17.5. The minimum atomic E-state index is -0.444. The van der Waals surface area contributed by atoms with Crippen LogP contribution in [0.3, 0.4) is 0 Å². The number of nitrogens with zero attached hydrogens (tertiary/aromatic N) is 1. The molecule has 1 heterocycles. The number of hydrogen-bond acceptors (Lipinski definition) is 3. The van der Waals surface area contributed by atoms with Crippen LogP contribution in [0, 0.1) is 0 Å². The molecule has 0 spiro atoms. The van der Waals surface area contributed by atoms with E-state index >= 15 is 0 Å². The first kappa shape index (κ1) is 15.2.